The Morgan fingerprint density at radius 1 is 0.178 bits per heavy atom. The fourth-order valence-corrected chi connectivity index (χ4v) is 6.40. The summed E-state index contributed by atoms with van der Waals surface area (Å²) in [5.41, 5.74) is 9.68. The Kier molecular flexibility index (Phi) is 177. The molecule has 0 heterocycles. The van der Waals surface area contributed by atoms with Crippen molar-refractivity contribution in [1.29, 1.82) is 0 Å². The Balaban J connectivity index is -0.0000000741. The van der Waals surface area contributed by atoms with Crippen LogP contribution in [0.15, 0.2) is 315 Å². The second-order valence-corrected chi connectivity index (χ2v) is 17.9. The molecule has 0 saturated carbocycles. The molecule has 10 rings (SSSR count). The average molecular weight is 1480 g/mol. The Bertz CT molecular complexity index is 2300. The van der Waals surface area contributed by atoms with Gasteiger partial charge < -0.3 is 18.9 Å². The molecule has 0 amide bonds. The summed E-state index contributed by atoms with van der Waals surface area (Å²) in [4.78, 5) is 11.8. The number of ether oxygens (including phenoxy) is 4. The van der Waals surface area contributed by atoms with Gasteiger partial charge in [-0.2, -0.15) is 0 Å². The number of rotatable bonds is 8. The predicted molar refractivity (Wildman–Crippen MR) is 496 cm³/mol. The van der Waals surface area contributed by atoms with Gasteiger partial charge in [-0.15, -0.1) is 0 Å². The van der Waals surface area contributed by atoms with E-state index in [9.17, 15) is 4.79 Å². The van der Waals surface area contributed by atoms with Gasteiger partial charge in [-0.05, 0) is 52.6 Å². The lowest BCUT2D eigenvalue weighted by molar-refractivity contribution is 0.103. The minimum absolute atomic E-state index is 0.0752. The number of carbonyl (C=O) groups is 1. The molecule has 10 aromatic rings. The lowest BCUT2D eigenvalue weighted by Crippen LogP contribution is -1.99. The van der Waals surface area contributed by atoms with E-state index in [0.29, 0.717) is 0 Å². The second-order valence-electron chi connectivity index (χ2n) is 17.9. The number of hydrogen-bond acceptors (Lipinski definition) is 5. The van der Waals surface area contributed by atoms with Gasteiger partial charge in [0.2, 0.25) is 0 Å². The van der Waals surface area contributed by atoms with Crippen molar-refractivity contribution in [2.24, 2.45) is 0 Å². The van der Waals surface area contributed by atoms with Gasteiger partial charge in [0.05, 0.1) is 0 Å². The number of hydrogen-bond donors (Lipinski definition) is 0. The molecule has 0 bridgehead atoms. The van der Waals surface area contributed by atoms with E-state index in [1.807, 2.05) is 300 Å². The van der Waals surface area contributed by atoms with Crippen molar-refractivity contribution < 1.29 is 23.7 Å². The van der Waals surface area contributed by atoms with Crippen LogP contribution in [0.5, 0.6) is 0 Å². The highest BCUT2D eigenvalue weighted by molar-refractivity contribution is 6.08. The molecule has 0 aliphatic rings. The zero-order chi connectivity index (χ0) is 85.3. The van der Waals surface area contributed by atoms with Crippen molar-refractivity contribution in [3.8, 4) is 0 Å². The minimum Gasteiger partial charge on any atom is -0.388 e. The third kappa shape index (κ3) is 116. The molecule has 0 aliphatic heterocycles. The Labute approximate surface area is 668 Å². The van der Waals surface area contributed by atoms with Crippen LogP contribution in [0.4, 0.5) is 0 Å². The van der Waals surface area contributed by atoms with E-state index in [0.717, 1.165) is 30.4 Å². The molecule has 107 heavy (non-hydrogen) atoms. The van der Waals surface area contributed by atoms with Crippen LogP contribution in [0.1, 0.15) is 256 Å². The van der Waals surface area contributed by atoms with Crippen LogP contribution in [-0.4, -0.2) is 62.7 Å². The van der Waals surface area contributed by atoms with Crippen LogP contribution in [0.25, 0.3) is 0 Å². The summed E-state index contributed by atoms with van der Waals surface area (Å²) in [5, 5.41) is 0. The molecule has 0 aromatic heterocycles. The summed E-state index contributed by atoms with van der Waals surface area (Å²) in [6.07, 6.45) is 5.59. The van der Waals surface area contributed by atoms with Crippen LogP contribution in [-0.2, 0) is 38.2 Å². The van der Waals surface area contributed by atoms with Crippen molar-refractivity contribution in [1.82, 2.24) is 0 Å². The number of methoxy groups -OCH3 is 4. The third-order valence-corrected chi connectivity index (χ3v) is 9.69. The highest BCUT2D eigenvalue weighted by Crippen LogP contribution is 2.11. The summed E-state index contributed by atoms with van der Waals surface area (Å²) < 4.78 is 17.0. The predicted octanol–water partition coefficient (Wildman–Crippen LogP) is 32.3. The normalized spacial score (nSPS) is 7.44. The third-order valence-electron chi connectivity index (χ3n) is 9.69. The van der Waals surface area contributed by atoms with Crippen molar-refractivity contribution in [3.63, 3.8) is 0 Å². The van der Waals surface area contributed by atoms with E-state index < -0.39 is 0 Å². The summed E-state index contributed by atoms with van der Waals surface area (Å²) in [6, 6.07) is 106. The SMILES string of the molecule is CC.CC.CC.CC.CC.CC.CC.CC.CC.CC.CC.CC.CCC.CCC.COC.COC.COC.COC.O=C(c1ccccc1)c1ccccc1.c1ccc(Cc2ccccc2)cc1.c1ccc(Cc2ccccc2)cc1.c1ccc(Cc2ccccc2)cc1.c1ccccc1.c1ccccc1. The molecule has 0 atom stereocenters. The topological polar surface area (TPSA) is 54.0 Å². The maximum Gasteiger partial charge on any atom is 0.193 e. The van der Waals surface area contributed by atoms with Gasteiger partial charge in [-0.3, -0.25) is 4.79 Å². The molecular formula is C102H170O5. The molecule has 0 unspecified atom stereocenters. The van der Waals surface area contributed by atoms with Gasteiger partial charge >= 0.3 is 0 Å². The summed E-state index contributed by atoms with van der Waals surface area (Å²) in [7, 11) is 13.0. The summed E-state index contributed by atoms with van der Waals surface area (Å²) in [6.45, 7) is 56.5. The molecular weight excluding hydrogens is 1310 g/mol. The number of carbonyl (C=O) groups excluding carboxylic acids is 1. The van der Waals surface area contributed by atoms with Gasteiger partial charge in [0.1, 0.15) is 0 Å². The van der Waals surface area contributed by atoms with Crippen LogP contribution in [0.3, 0.4) is 0 Å². The molecule has 10 aromatic carbocycles. The monoisotopic (exact) mass is 1480 g/mol. The van der Waals surface area contributed by atoms with Crippen LogP contribution < -0.4 is 0 Å². The Hall–Kier alpha value is -8.29. The van der Waals surface area contributed by atoms with E-state index in [2.05, 4.69) is 229 Å². The molecule has 0 aliphatic carbocycles. The fourth-order valence-electron chi connectivity index (χ4n) is 6.40. The van der Waals surface area contributed by atoms with E-state index >= 15 is 0 Å². The van der Waals surface area contributed by atoms with Crippen molar-refractivity contribution >= 4 is 5.78 Å². The first-order chi connectivity index (χ1) is 52.7. The fraction of sp³-hybridized carbons (Fsp3) is 0.402. The van der Waals surface area contributed by atoms with Crippen molar-refractivity contribution in [2.75, 3.05) is 56.9 Å². The first kappa shape index (κ1) is 131. The van der Waals surface area contributed by atoms with Gasteiger partial charge in [-0.25, -0.2) is 0 Å². The van der Waals surface area contributed by atoms with Crippen molar-refractivity contribution in [3.05, 3.63) is 360 Å². The lowest BCUT2D eigenvalue weighted by Gasteiger charge is -2.00. The van der Waals surface area contributed by atoms with Crippen LogP contribution in [0.2, 0.25) is 0 Å². The van der Waals surface area contributed by atoms with E-state index in [1.54, 1.807) is 56.9 Å². The zero-order valence-electron chi connectivity index (χ0n) is 76.1. The number of benzene rings is 10. The van der Waals surface area contributed by atoms with Gasteiger partial charge in [-0.1, -0.05) is 522 Å². The first-order valence-corrected chi connectivity index (χ1v) is 40.2. The Morgan fingerprint density at radius 2 is 0.252 bits per heavy atom. The standard InChI is InChI=1S/C13H10O.3C13H12.2C6H6.2C3H8.4C2H6O.12C2H6/c14-13(11-7-3-1-4-8-11)12-9-5-2-6-10-12;3*1-3-7-12(8-4-1)11-13-9-5-2-6-10-13;2*1-2-4-6-5-3-1;6*1-3-2;12*1-2/h1-10H;3*1-10H,11H2;2*1-6H;2*3H2,1-2H3;4*1-2H3;12*1-2H3. The van der Waals surface area contributed by atoms with Crippen LogP contribution >= 0.6 is 0 Å². The molecule has 0 fully saturated rings. The summed E-state index contributed by atoms with van der Waals surface area (Å²) >= 11 is 0. The zero-order valence-corrected chi connectivity index (χ0v) is 76.1. The number of ketones is 1. The van der Waals surface area contributed by atoms with Crippen molar-refractivity contribution in [2.45, 2.75) is 226 Å². The highest BCUT2D eigenvalue weighted by atomic mass is 16.5. The quantitative estimate of drug-likeness (QED) is 0.142. The minimum atomic E-state index is 0.0752. The molecule has 0 N–H and O–H groups in total. The van der Waals surface area contributed by atoms with E-state index in [1.165, 1.54) is 46.2 Å². The van der Waals surface area contributed by atoms with Gasteiger partial charge in [0, 0.05) is 68.0 Å². The summed E-state index contributed by atoms with van der Waals surface area (Å²) in [5.74, 6) is 0.0752. The van der Waals surface area contributed by atoms with E-state index in [4.69, 9.17) is 0 Å². The maximum absolute atomic E-state index is 11.8. The van der Waals surface area contributed by atoms with Crippen LogP contribution in [0, 0.1) is 0 Å². The first-order valence-electron chi connectivity index (χ1n) is 40.2. The molecule has 0 spiro atoms. The molecule has 5 heteroatoms. The second kappa shape index (κ2) is 144. The Morgan fingerprint density at radius 3 is 0.346 bits per heavy atom. The molecule has 0 radical (unpaired) electrons. The van der Waals surface area contributed by atoms with E-state index in [-0.39, 0.29) is 5.78 Å². The average Bonchev–Trinajstić information content (AvgIpc) is 0.885. The largest absolute Gasteiger partial charge is 0.388 e. The molecule has 0 saturated heterocycles. The smallest absolute Gasteiger partial charge is 0.193 e. The van der Waals surface area contributed by atoms with Gasteiger partial charge in [0.25, 0.3) is 0 Å². The molecule has 5 nitrogen and oxygen atoms in total. The lowest BCUT2D eigenvalue weighted by atomic mass is 10.0. The highest BCUT2D eigenvalue weighted by Gasteiger charge is 2.06. The molecule has 608 valence electrons. The van der Waals surface area contributed by atoms with Gasteiger partial charge in [0.15, 0.2) is 5.78 Å². The maximum atomic E-state index is 11.8.